The van der Waals surface area contributed by atoms with E-state index >= 15 is 0 Å². The van der Waals surface area contributed by atoms with E-state index in [-0.39, 0.29) is 12.0 Å². The first kappa shape index (κ1) is 23.0. The molecule has 31 heavy (non-hydrogen) atoms. The van der Waals surface area contributed by atoms with Crippen LogP contribution in [0.25, 0.3) is 0 Å². The second-order valence-electron chi connectivity index (χ2n) is 7.19. The van der Waals surface area contributed by atoms with Gasteiger partial charge in [-0.25, -0.2) is 9.97 Å². The number of rotatable bonds is 6. The normalized spacial score (nSPS) is 15.7. The fourth-order valence-electron chi connectivity index (χ4n) is 3.58. The molecule has 168 valence electrons. The van der Waals surface area contributed by atoms with Crippen molar-refractivity contribution >= 4 is 11.8 Å². The third-order valence-corrected chi connectivity index (χ3v) is 5.03. The zero-order valence-corrected chi connectivity index (χ0v) is 17.7. The molecule has 0 amide bonds. The molecule has 2 aromatic rings. The first-order valence-electron chi connectivity index (χ1n) is 9.72. The van der Waals surface area contributed by atoms with Gasteiger partial charge >= 0.3 is 12.1 Å². The molecule has 1 aromatic heterocycles. The standard InChI is InChI=1S/C21H24F3N3O4/c1-11-14(6-5-7-15(11)21(22,23)24)12(2)25-19-18(20-30-8-9-31-20)16(10-17(28)29-4)26-13(3)27-19/h5-7,12,20H,8-10H2,1-4H3,(H,25,26,27). The number of anilines is 1. The smallest absolute Gasteiger partial charge is 0.416 e. The fraction of sp³-hybridized carbons (Fsp3) is 0.476. The first-order valence-corrected chi connectivity index (χ1v) is 9.72. The molecule has 1 aliphatic rings. The molecule has 1 fully saturated rings. The lowest BCUT2D eigenvalue weighted by molar-refractivity contribution is -0.140. The third-order valence-electron chi connectivity index (χ3n) is 5.03. The minimum absolute atomic E-state index is 0.121. The number of aryl methyl sites for hydroxylation is 1. The highest BCUT2D eigenvalue weighted by Crippen LogP contribution is 2.37. The van der Waals surface area contributed by atoms with Gasteiger partial charge in [0.05, 0.1) is 49.6 Å². The van der Waals surface area contributed by atoms with Gasteiger partial charge in [0.25, 0.3) is 0 Å². The summed E-state index contributed by atoms with van der Waals surface area (Å²) in [5.41, 5.74) is 0.726. The number of methoxy groups -OCH3 is 1. The zero-order valence-electron chi connectivity index (χ0n) is 17.7. The molecule has 1 aliphatic heterocycles. The molecule has 0 saturated carbocycles. The van der Waals surface area contributed by atoms with Crippen LogP contribution in [0, 0.1) is 13.8 Å². The van der Waals surface area contributed by atoms with Crippen molar-refractivity contribution in [3.8, 4) is 0 Å². The van der Waals surface area contributed by atoms with Gasteiger partial charge in [-0.3, -0.25) is 4.79 Å². The molecule has 0 bridgehead atoms. The number of hydrogen-bond donors (Lipinski definition) is 1. The molecule has 7 nitrogen and oxygen atoms in total. The van der Waals surface area contributed by atoms with Crippen LogP contribution in [0.1, 0.15) is 53.0 Å². The molecule has 3 rings (SSSR count). The van der Waals surface area contributed by atoms with Crippen LogP contribution in [0.3, 0.4) is 0 Å². The molecule has 0 radical (unpaired) electrons. The number of carbonyl (C=O) groups is 1. The number of halogens is 3. The van der Waals surface area contributed by atoms with Crippen molar-refractivity contribution in [2.24, 2.45) is 0 Å². The molecule has 1 aromatic carbocycles. The summed E-state index contributed by atoms with van der Waals surface area (Å²) in [4.78, 5) is 20.7. The molecule has 0 spiro atoms. The van der Waals surface area contributed by atoms with E-state index in [4.69, 9.17) is 14.2 Å². The van der Waals surface area contributed by atoms with Crippen LogP contribution in [0.2, 0.25) is 0 Å². The summed E-state index contributed by atoms with van der Waals surface area (Å²) in [6.07, 6.45) is -5.36. The molecular formula is C21H24F3N3O4. The first-order chi connectivity index (χ1) is 14.6. The van der Waals surface area contributed by atoms with E-state index in [9.17, 15) is 18.0 Å². The number of carbonyl (C=O) groups excluding carboxylic acids is 1. The van der Waals surface area contributed by atoms with Gasteiger partial charge < -0.3 is 19.5 Å². The van der Waals surface area contributed by atoms with Crippen LogP contribution in [-0.4, -0.2) is 36.3 Å². The maximum Gasteiger partial charge on any atom is 0.416 e. The van der Waals surface area contributed by atoms with E-state index in [0.717, 1.165) is 6.07 Å². The third kappa shape index (κ3) is 5.13. The largest absolute Gasteiger partial charge is 0.469 e. The van der Waals surface area contributed by atoms with Crippen molar-refractivity contribution in [1.29, 1.82) is 0 Å². The number of benzene rings is 1. The van der Waals surface area contributed by atoms with E-state index in [1.165, 1.54) is 20.1 Å². The van der Waals surface area contributed by atoms with Gasteiger partial charge in [0, 0.05) is 0 Å². The molecule has 2 heterocycles. The lowest BCUT2D eigenvalue weighted by Crippen LogP contribution is -2.19. The number of ether oxygens (including phenoxy) is 3. The Morgan fingerprint density at radius 2 is 1.94 bits per heavy atom. The maximum atomic E-state index is 13.3. The molecule has 10 heteroatoms. The summed E-state index contributed by atoms with van der Waals surface area (Å²) >= 11 is 0. The summed E-state index contributed by atoms with van der Waals surface area (Å²) in [6, 6.07) is 3.54. The summed E-state index contributed by atoms with van der Waals surface area (Å²) < 4.78 is 56.0. The molecule has 1 atom stereocenters. The highest BCUT2D eigenvalue weighted by atomic mass is 19.4. The van der Waals surface area contributed by atoms with Crippen LogP contribution in [-0.2, 0) is 31.6 Å². The van der Waals surface area contributed by atoms with Crippen molar-refractivity contribution in [1.82, 2.24) is 9.97 Å². The predicted octanol–water partition coefficient (Wildman–Crippen LogP) is 4.05. The Morgan fingerprint density at radius 1 is 1.26 bits per heavy atom. The van der Waals surface area contributed by atoms with Crippen LogP contribution in [0.4, 0.5) is 19.0 Å². The van der Waals surface area contributed by atoms with E-state index in [1.54, 1.807) is 19.9 Å². The van der Waals surface area contributed by atoms with Crippen molar-refractivity contribution < 1.29 is 32.2 Å². The summed E-state index contributed by atoms with van der Waals surface area (Å²) in [5, 5.41) is 3.17. The highest BCUT2D eigenvalue weighted by Gasteiger charge is 2.34. The van der Waals surface area contributed by atoms with Crippen LogP contribution in [0.15, 0.2) is 18.2 Å². The molecular weight excluding hydrogens is 415 g/mol. The van der Waals surface area contributed by atoms with E-state index < -0.39 is 30.0 Å². The van der Waals surface area contributed by atoms with E-state index in [0.29, 0.717) is 41.7 Å². The van der Waals surface area contributed by atoms with Crippen molar-refractivity contribution in [3.05, 3.63) is 52.0 Å². The topological polar surface area (TPSA) is 82.6 Å². The van der Waals surface area contributed by atoms with E-state index in [2.05, 4.69) is 15.3 Å². The van der Waals surface area contributed by atoms with Crippen LogP contribution >= 0.6 is 0 Å². The number of esters is 1. The lowest BCUT2D eigenvalue weighted by Gasteiger charge is -2.24. The average Bonchev–Trinajstić information content (AvgIpc) is 3.21. The predicted molar refractivity (Wildman–Crippen MR) is 105 cm³/mol. The van der Waals surface area contributed by atoms with Gasteiger partial charge in [-0.2, -0.15) is 13.2 Å². The van der Waals surface area contributed by atoms with Gasteiger partial charge in [0.1, 0.15) is 11.6 Å². The fourth-order valence-corrected chi connectivity index (χ4v) is 3.58. The quantitative estimate of drug-likeness (QED) is 0.680. The zero-order chi connectivity index (χ0) is 22.8. The van der Waals surface area contributed by atoms with Crippen LogP contribution < -0.4 is 5.32 Å². The molecule has 1 unspecified atom stereocenters. The van der Waals surface area contributed by atoms with E-state index in [1.807, 2.05) is 0 Å². The number of nitrogens with one attached hydrogen (secondary N) is 1. The number of nitrogens with zero attached hydrogens (tertiary/aromatic N) is 2. The Hall–Kier alpha value is -2.72. The minimum atomic E-state index is -4.45. The Bertz CT molecular complexity index is 960. The highest BCUT2D eigenvalue weighted by molar-refractivity contribution is 5.73. The SMILES string of the molecule is COC(=O)Cc1nc(C)nc(NC(C)c2cccc(C(F)(F)F)c2C)c1C1OCCO1. The molecule has 0 aliphatic carbocycles. The second kappa shape index (κ2) is 9.19. The Kier molecular flexibility index (Phi) is 6.80. The Balaban J connectivity index is 2.02. The minimum Gasteiger partial charge on any atom is -0.469 e. The Morgan fingerprint density at radius 3 is 2.55 bits per heavy atom. The average molecular weight is 439 g/mol. The number of hydrogen-bond acceptors (Lipinski definition) is 7. The monoisotopic (exact) mass is 439 g/mol. The Labute approximate surface area is 177 Å². The second-order valence-corrected chi connectivity index (χ2v) is 7.19. The van der Waals surface area contributed by atoms with Gasteiger partial charge in [-0.15, -0.1) is 0 Å². The van der Waals surface area contributed by atoms with Gasteiger partial charge in [-0.1, -0.05) is 12.1 Å². The van der Waals surface area contributed by atoms with Gasteiger partial charge in [0.15, 0.2) is 6.29 Å². The van der Waals surface area contributed by atoms with Gasteiger partial charge in [0.2, 0.25) is 0 Å². The number of alkyl halides is 3. The van der Waals surface area contributed by atoms with Crippen LogP contribution in [0.5, 0.6) is 0 Å². The van der Waals surface area contributed by atoms with Crippen molar-refractivity contribution in [2.75, 3.05) is 25.6 Å². The number of aromatic nitrogens is 2. The van der Waals surface area contributed by atoms with Gasteiger partial charge in [-0.05, 0) is 38.0 Å². The summed E-state index contributed by atoms with van der Waals surface area (Å²) in [7, 11) is 1.27. The lowest BCUT2D eigenvalue weighted by atomic mass is 9.97. The summed E-state index contributed by atoms with van der Waals surface area (Å²) in [5.74, 6) is 0.226. The van der Waals surface area contributed by atoms with Crippen molar-refractivity contribution in [2.45, 2.75) is 45.7 Å². The molecule has 1 N–H and O–H groups in total. The van der Waals surface area contributed by atoms with Crippen molar-refractivity contribution in [3.63, 3.8) is 0 Å². The molecule has 1 saturated heterocycles. The maximum absolute atomic E-state index is 13.3. The summed E-state index contributed by atoms with van der Waals surface area (Å²) in [6.45, 7) is 5.55.